The van der Waals surface area contributed by atoms with E-state index in [0.29, 0.717) is 11.5 Å². The molecule has 142 valence electrons. The second kappa shape index (κ2) is 6.12. The van der Waals surface area contributed by atoms with Gasteiger partial charge in [0.2, 0.25) is 0 Å². The molecule has 27 heavy (non-hydrogen) atoms. The molecule has 5 rings (SSSR count). The minimum absolute atomic E-state index is 0.665. The Morgan fingerprint density at radius 2 is 1.19 bits per heavy atom. The highest BCUT2D eigenvalue weighted by Crippen LogP contribution is 2.57. The molecule has 0 aromatic heterocycles. The van der Waals surface area contributed by atoms with Crippen molar-refractivity contribution >= 4 is 7.75 Å². The van der Waals surface area contributed by atoms with Crippen LogP contribution in [0.3, 0.4) is 0 Å². The lowest BCUT2D eigenvalue weighted by molar-refractivity contribution is 0.390. The molecule has 1 aliphatic heterocycles. The molecule has 1 heterocycles. The van der Waals surface area contributed by atoms with Gasteiger partial charge >= 0.3 is 7.75 Å². The predicted molar refractivity (Wildman–Crippen MR) is 108 cm³/mol. The fourth-order valence-corrected chi connectivity index (χ4v) is 6.12. The van der Waals surface area contributed by atoms with Crippen LogP contribution in [0.1, 0.15) is 59.1 Å². The maximum Gasteiger partial charge on any atom is 0.510 e. The summed E-state index contributed by atoms with van der Waals surface area (Å²) >= 11 is 0. The molecule has 0 spiro atoms. The van der Waals surface area contributed by atoms with E-state index in [0.717, 1.165) is 47.9 Å². The Bertz CT molecular complexity index is 934. The Balaban J connectivity index is 1.93. The first-order valence-corrected chi connectivity index (χ1v) is 11.6. The second-order valence-electron chi connectivity index (χ2n) is 8.21. The van der Waals surface area contributed by atoms with Gasteiger partial charge in [0, 0.05) is 11.1 Å². The van der Waals surface area contributed by atoms with Crippen LogP contribution in [0.2, 0.25) is 0 Å². The molecule has 0 bridgehead atoms. The van der Waals surface area contributed by atoms with E-state index < -0.39 is 7.75 Å². The van der Waals surface area contributed by atoms with Gasteiger partial charge in [-0.1, -0.05) is 12.1 Å². The predicted octanol–water partition coefficient (Wildman–Crippen LogP) is 5.57. The van der Waals surface area contributed by atoms with Gasteiger partial charge in [-0.2, -0.15) is 0 Å². The van der Waals surface area contributed by atoms with Gasteiger partial charge in [-0.3, -0.25) is 0 Å². The van der Waals surface area contributed by atoms with E-state index in [4.69, 9.17) is 14.6 Å². The van der Waals surface area contributed by atoms with Crippen LogP contribution >= 0.6 is 7.75 Å². The molecule has 0 saturated carbocycles. The lowest BCUT2D eigenvalue weighted by Gasteiger charge is -2.26. The lowest BCUT2D eigenvalue weighted by Crippen LogP contribution is -2.10. The molecule has 0 fully saturated rings. The molecule has 0 unspecified atom stereocenters. The molecule has 0 atom stereocenters. The van der Waals surface area contributed by atoms with Crippen LogP contribution < -0.4 is 14.6 Å². The van der Waals surface area contributed by atoms with E-state index in [1.54, 1.807) is 0 Å². The summed E-state index contributed by atoms with van der Waals surface area (Å²) in [5.74, 6) is 1.33. The summed E-state index contributed by atoms with van der Waals surface area (Å²) in [6.07, 6.45) is 9.02. The van der Waals surface area contributed by atoms with E-state index in [1.807, 2.05) is 13.8 Å². The molecule has 0 amide bonds. The lowest BCUT2D eigenvalue weighted by atomic mass is 9.78. The first-order valence-electron chi connectivity index (χ1n) is 10.0. The summed E-state index contributed by atoms with van der Waals surface area (Å²) in [7, 11) is -3.72. The van der Waals surface area contributed by atoms with E-state index in [1.165, 1.54) is 47.9 Å². The standard InChI is InChI=1S/C22H26NO3P/c1-13-11-15-7-3-5-9-17(15)19-20-18-10-6-4-8-16(18)12-14(2)22(20)26-27(23,24)25-21(13)19/h11-12H,3-10H2,1-2H3,(H2,23,24). The molecule has 2 aromatic rings. The summed E-state index contributed by atoms with van der Waals surface area (Å²) in [6, 6.07) is 4.39. The summed E-state index contributed by atoms with van der Waals surface area (Å²) < 4.78 is 24.7. The van der Waals surface area contributed by atoms with Crippen molar-refractivity contribution in [1.82, 2.24) is 0 Å². The molecule has 2 N–H and O–H groups in total. The highest BCUT2D eigenvalue weighted by Gasteiger charge is 2.36. The third-order valence-corrected chi connectivity index (χ3v) is 7.14. The van der Waals surface area contributed by atoms with Crippen molar-refractivity contribution in [2.75, 3.05) is 0 Å². The third-order valence-electron chi connectivity index (χ3n) is 6.26. The molecular formula is C22H26NO3P. The van der Waals surface area contributed by atoms with E-state index in [-0.39, 0.29) is 0 Å². The highest BCUT2D eigenvalue weighted by molar-refractivity contribution is 7.52. The van der Waals surface area contributed by atoms with Gasteiger partial charge < -0.3 is 9.05 Å². The molecule has 2 aromatic carbocycles. The Labute approximate surface area is 160 Å². The van der Waals surface area contributed by atoms with Crippen molar-refractivity contribution in [2.24, 2.45) is 5.50 Å². The minimum atomic E-state index is -3.72. The third kappa shape index (κ3) is 2.73. The van der Waals surface area contributed by atoms with Crippen LogP contribution in [-0.4, -0.2) is 0 Å². The van der Waals surface area contributed by atoms with Gasteiger partial charge in [0.25, 0.3) is 0 Å². The normalized spacial score (nSPS) is 19.5. The molecule has 3 aliphatic rings. The summed E-state index contributed by atoms with van der Waals surface area (Å²) in [4.78, 5) is 0. The summed E-state index contributed by atoms with van der Waals surface area (Å²) in [6.45, 7) is 4.06. The average Bonchev–Trinajstić information content (AvgIpc) is 2.76. The minimum Gasteiger partial charge on any atom is -0.404 e. The van der Waals surface area contributed by atoms with Crippen LogP contribution in [0.4, 0.5) is 0 Å². The van der Waals surface area contributed by atoms with E-state index in [9.17, 15) is 4.57 Å². The first-order chi connectivity index (χ1) is 12.9. The van der Waals surface area contributed by atoms with Crippen LogP contribution in [0.25, 0.3) is 11.1 Å². The molecule has 5 heteroatoms. The molecule has 4 nitrogen and oxygen atoms in total. The zero-order chi connectivity index (χ0) is 18.8. The molecule has 2 aliphatic carbocycles. The summed E-state index contributed by atoms with van der Waals surface area (Å²) in [5.41, 5.74) is 15.7. The van der Waals surface area contributed by atoms with E-state index >= 15 is 0 Å². The van der Waals surface area contributed by atoms with Gasteiger partial charge in [0.05, 0.1) is 0 Å². The number of rotatable bonds is 0. The van der Waals surface area contributed by atoms with Gasteiger partial charge in [-0.15, -0.1) is 0 Å². The average molecular weight is 383 g/mol. The highest BCUT2D eigenvalue weighted by atomic mass is 31.2. The number of hydrogen-bond acceptors (Lipinski definition) is 3. The number of fused-ring (bicyclic) bond motifs is 7. The maximum atomic E-state index is 13.0. The Kier molecular flexibility index (Phi) is 3.93. The van der Waals surface area contributed by atoms with Gasteiger partial charge in [-0.25, -0.2) is 10.1 Å². The van der Waals surface area contributed by atoms with Crippen LogP contribution in [-0.2, 0) is 30.2 Å². The number of benzene rings is 2. The monoisotopic (exact) mass is 383 g/mol. The largest absolute Gasteiger partial charge is 0.510 e. The van der Waals surface area contributed by atoms with Crippen LogP contribution in [0, 0.1) is 13.8 Å². The van der Waals surface area contributed by atoms with E-state index in [2.05, 4.69) is 12.1 Å². The van der Waals surface area contributed by atoms with Gasteiger partial charge in [0.1, 0.15) is 11.5 Å². The van der Waals surface area contributed by atoms with Crippen molar-refractivity contribution in [3.63, 3.8) is 0 Å². The fourth-order valence-electron chi connectivity index (χ4n) is 5.11. The molecule has 0 saturated heterocycles. The topological polar surface area (TPSA) is 61.5 Å². The molecular weight excluding hydrogens is 357 g/mol. The van der Waals surface area contributed by atoms with Crippen molar-refractivity contribution < 1.29 is 13.6 Å². The smallest absolute Gasteiger partial charge is 0.404 e. The van der Waals surface area contributed by atoms with Crippen molar-refractivity contribution in [1.29, 1.82) is 0 Å². The Morgan fingerprint density at radius 3 is 1.63 bits per heavy atom. The number of aryl methyl sites for hydroxylation is 4. The SMILES string of the molecule is Cc1cc2c(c3c1OP(N)(=O)Oc1c(C)cc4c(c1-3)CCCC4)CCCC2. The van der Waals surface area contributed by atoms with Crippen LogP contribution in [0.5, 0.6) is 11.5 Å². The summed E-state index contributed by atoms with van der Waals surface area (Å²) in [5, 5.41) is 0. The maximum absolute atomic E-state index is 13.0. The zero-order valence-corrected chi connectivity index (χ0v) is 17.0. The number of nitrogens with two attached hydrogens (primary N) is 1. The van der Waals surface area contributed by atoms with Gasteiger partial charge in [0.15, 0.2) is 0 Å². The fraction of sp³-hybridized carbons (Fsp3) is 0.455. The molecule has 0 radical (unpaired) electrons. The Morgan fingerprint density at radius 1 is 0.778 bits per heavy atom. The quantitative estimate of drug-likeness (QED) is 0.605. The number of hydrogen-bond donors (Lipinski definition) is 1. The van der Waals surface area contributed by atoms with Crippen molar-refractivity contribution in [3.8, 4) is 22.6 Å². The van der Waals surface area contributed by atoms with Gasteiger partial charge in [-0.05, 0) is 98.6 Å². The first kappa shape index (κ1) is 17.3. The van der Waals surface area contributed by atoms with Crippen LogP contribution in [0.15, 0.2) is 12.1 Å². The van der Waals surface area contributed by atoms with Crippen molar-refractivity contribution in [3.05, 3.63) is 45.5 Å². The second-order valence-corrected chi connectivity index (χ2v) is 9.65. The Hall–Kier alpha value is -1.77. The van der Waals surface area contributed by atoms with Crippen molar-refractivity contribution in [2.45, 2.75) is 65.2 Å². The zero-order valence-electron chi connectivity index (χ0n) is 16.1.